The normalized spacial score (nSPS) is 11.9. The minimum atomic E-state index is -4.77. The van der Waals surface area contributed by atoms with Gasteiger partial charge in [0.05, 0.1) is 5.60 Å². The molecule has 0 amide bonds. The summed E-state index contributed by atoms with van der Waals surface area (Å²) in [6.45, 7) is 3.39. The van der Waals surface area contributed by atoms with E-state index < -0.39 is 12.0 Å². The lowest BCUT2D eigenvalue weighted by Crippen LogP contribution is -2.27. The van der Waals surface area contributed by atoms with Gasteiger partial charge < -0.3 is 14.6 Å². The van der Waals surface area contributed by atoms with Gasteiger partial charge in [0, 0.05) is 23.0 Å². The second kappa shape index (κ2) is 9.03. The van der Waals surface area contributed by atoms with Gasteiger partial charge in [0.25, 0.3) is 5.56 Å². The van der Waals surface area contributed by atoms with Crippen molar-refractivity contribution in [2.24, 2.45) is 0 Å². The highest BCUT2D eigenvalue weighted by atomic mass is 32.2. The molecule has 0 unspecified atom stereocenters. The Morgan fingerprint density at radius 3 is 2.23 bits per heavy atom. The average Bonchev–Trinajstić information content (AvgIpc) is 2.68. The Hall–Kier alpha value is -2.98. The molecule has 1 N–H and O–H groups in total. The summed E-state index contributed by atoms with van der Waals surface area (Å²) < 4.78 is 47.5. The van der Waals surface area contributed by atoms with Crippen LogP contribution in [0.4, 0.5) is 13.2 Å². The SMILES string of the molecule is CC(C)(O)COc1ccc(-n2ccnc(Sc3ccc(OC(F)(F)F)cc3)c2=O)cc1. The van der Waals surface area contributed by atoms with Crippen LogP contribution >= 0.6 is 11.8 Å². The van der Waals surface area contributed by atoms with Crippen molar-refractivity contribution in [2.75, 3.05) is 6.61 Å². The summed E-state index contributed by atoms with van der Waals surface area (Å²) in [6, 6.07) is 11.9. The maximum absolute atomic E-state index is 12.8. The van der Waals surface area contributed by atoms with Gasteiger partial charge >= 0.3 is 6.36 Å². The monoisotopic (exact) mass is 452 g/mol. The van der Waals surface area contributed by atoms with Gasteiger partial charge in [0.15, 0.2) is 5.03 Å². The quantitative estimate of drug-likeness (QED) is 0.572. The molecule has 164 valence electrons. The average molecular weight is 452 g/mol. The highest BCUT2D eigenvalue weighted by molar-refractivity contribution is 7.99. The van der Waals surface area contributed by atoms with Gasteiger partial charge in [0.2, 0.25) is 0 Å². The molecular formula is C21H19F3N2O4S. The highest BCUT2D eigenvalue weighted by Crippen LogP contribution is 2.28. The first-order chi connectivity index (χ1) is 14.5. The molecule has 3 rings (SSSR count). The number of aromatic nitrogens is 2. The predicted octanol–water partition coefficient (Wildman–Crippen LogP) is 4.43. The number of nitrogens with zero attached hydrogens (tertiary/aromatic N) is 2. The van der Waals surface area contributed by atoms with Gasteiger partial charge in [0.1, 0.15) is 18.1 Å². The molecule has 0 atom stereocenters. The fraction of sp³-hybridized carbons (Fsp3) is 0.238. The van der Waals surface area contributed by atoms with Gasteiger partial charge in [-0.1, -0.05) is 11.8 Å². The minimum Gasteiger partial charge on any atom is -0.491 e. The van der Waals surface area contributed by atoms with Crippen LogP contribution in [0.25, 0.3) is 5.69 Å². The van der Waals surface area contributed by atoms with E-state index in [0.29, 0.717) is 16.3 Å². The Balaban J connectivity index is 1.75. The van der Waals surface area contributed by atoms with E-state index in [1.807, 2.05) is 0 Å². The van der Waals surface area contributed by atoms with Crippen LogP contribution in [-0.2, 0) is 0 Å². The van der Waals surface area contributed by atoms with E-state index >= 15 is 0 Å². The number of halogens is 3. The largest absolute Gasteiger partial charge is 0.573 e. The number of ether oxygens (including phenoxy) is 2. The van der Waals surface area contributed by atoms with Crippen molar-refractivity contribution in [1.82, 2.24) is 9.55 Å². The predicted molar refractivity (Wildman–Crippen MR) is 109 cm³/mol. The van der Waals surface area contributed by atoms with Crippen LogP contribution in [0.1, 0.15) is 13.8 Å². The van der Waals surface area contributed by atoms with E-state index in [4.69, 9.17) is 4.74 Å². The molecule has 10 heteroatoms. The Kier molecular flexibility index (Phi) is 6.61. The number of benzene rings is 2. The first kappa shape index (κ1) is 22.7. The second-order valence-electron chi connectivity index (χ2n) is 7.12. The first-order valence-corrected chi connectivity index (χ1v) is 9.89. The molecule has 31 heavy (non-hydrogen) atoms. The van der Waals surface area contributed by atoms with Crippen LogP contribution in [0.2, 0.25) is 0 Å². The lowest BCUT2D eigenvalue weighted by Gasteiger charge is -2.18. The zero-order valence-corrected chi connectivity index (χ0v) is 17.4. The van der Waals surface area contributed by atoms with Crippen molar-refractivity contribution in [3.05, 3.63) is 71.3 Å². The van der Waals surface area contributed by atoms with Gasteiger partial charge in [-0.3, -0.25) is 9.36 Å². The van der Waals surface area contributed by atoms with Crippen molar-refractivity contribution in [1.29, 1.82) is 0 Å². The molecule has 2 aromatic carbocycles. The molecule has 0 spiro atoms. The topological polar surface area (TPSA) is 73.6 Å². The second-order valence-corrected chi connectivity index (χ2v) is 8.19. The van der Waals surface area contributed by atoms with Gasteiger partial charge in [-0.2, -0.15) is 0 Å². The summed E-state index contributed by atoms with van der Waals surface area (Å²) >= 11 is 1.03. The molecule has 0 aliphatic heterocycles. The summed E-state index contributed by atoms with van der Waals surface area (Å²) in [5.74, 6) is 0.200. The molecule has 1 aromatic heterocycles. The Bertz CT molecular complexity index is 1080. The molecule has 0 aliphatic rings. The van der Waals surface area contributed by atoms with Crippen molar-refractivity contribution in [3.63, 3.8) is 0 Å². The molecule has 0 aliphatic carbocycles. The Labute approximate surface area is 180 Å². The number of hydrogen-bond donors (Lipinski definition) is 1. The summed E-state index contributed by atoms with van der Waals surface area (Å²) in [7, 11) is 0. The number of hydrogen-bond acceptors (Lipinski definition) is 6. The zero-order chi connectivity index (χ0) is 22.6. The lowest BCUT2D eigenvalue weighted by molar-refractivity contribution is -0.274. The lowest BCUT2D eigenvalue weighted by atomic mass is 10.2. The van der Waals surface area contributed by atoms with Gasteiger partial charge in [-0.25, -0.2) is 4.98 Å². The van der Waals surface area contributed by atoms with Crippen molar-refractivity contribution in [3.8, 4) is 17.2 Å². The number of alkyl halides is 3. The molecule has 0 saturated heterocycles. The molecule has 0 bridgehead atoms. The smallest absolute Gasteiger partial charge is 0.491 e. The van der Waals surface area contributed by atoms with E-state index in [1.165, 1.54) is 41.2 Å². The van der Waals surface area contributed by atoms with Crippen molar-refractivity contribution in [2.45, 2.75) is 35.7 Å². The molecule has 6 nitrogen and oxygen atoms in total. The third kappa shape index (κ3) is 6.76. The van der Waals surface area contributed by atoms with Crippen LogP contribution in [0, 0.1) is 0 Å². The number of rotatable bonds is 7. The van der Waals surface area contributed by atoms with Crippen molar-refractivity contribution >= 4 is 11.8 Å². The molecule has 0 fully saturated rings. The Morgan fingerprint density at radius 2 is 1.65 bits per heavy atom. The maximum Gasteiger partial charge on any atom is 0.573 e. The van der Waals surface area contributed by atoms with Crippen molar-refractivity contribution < 1.29 is 27.8 Å². The minimum absolute atomic E-state index is 0.120. The van der Waals surface area contributed by atoms with Crippen LogP contribution in [0.5, 0.6) is 11.5 Å². The number of aliphatic hydroxyl groups is 1. The summed E-state index contributed by atoms with van der Waals surface area (Å²) in [6.07, 6.45) is -1.79. The maximum atomic E-state index is 12.8. The Morgan fingerprint density at radius 1 is 1.03 bits per heavy atom. The summed E-state index contributed by atoms with van der Waals surface area (Å²) in [5, 5.41) is 9.89. The fourth-order valence-corrected chi connectivity index (χ4v) is 3.25. The molecule has 0 radical (unpaired) electrons. The standard InChI is InChI=1S/C21H19F3N2O4S/c1-20(2,28)13-29-15-5-3-14(4-6-15)26-12-11-25-18(19(26)27)31-17-9-7-16(8-10-17)30-21(22,23)24/h3-12,28H,13H2,1-2H3. The van der Waals surface area contributed by atoms with E-state index in [0.717, 1.165) is 11.8 Å². The molecule has 1 heterocycles. The van der Waals surface area contributed by atoms with E-state index in [1.54, 1.807) is 38.1 Å². The van der Waals surface area contributed by atoms with Crippen LogP contribution in [0.15, 0.2) is 75.6 Å². The van der Waals surface area contributed by atoms with Crippen LogP contribution < -0.4 is 15.0 Å². The molecular weight excluding hydrogens is 433 g/mol. The fourth-order valence-electron chi connectivity index (χ4n) is 2.45. The third-order valence-corrected chi connectivity index (χ3v) is 4.77. The first-order valence-electron chi connectivity index (χ1n) is 9.07. The van der Waals surface area contributed by atoms with E-state index in [9.17, 15) is 23.1 Å². The zero-order valence-electron chi connectivity index (χ0n) is 16.6. The van der Waals surface area contributed by atoms with Gasteiger partial charge in [-0.05, 0) is 62.4 Å². The van der Waals surface area contributed by atoms with E-state index in [-0.39, 0.29) is 22.9 Å². The van der Waals surface area contributed by atoms with E-state index in [2.05, 4.69) is 9.72 Å². The summed E-state index contributed by atoms with van der Waals surface area (Å²) in [5.41, 5.74) is -0.767. The van der Waals surface area contributed by atoms with Crippen LogP contribution in [0.3, 0.4) is 0 Å². The van der Waals surface area contributed by atoms with Gasteiger partial charge in [-0.15, -0.1) is 13.2 Å². The summed E-state index contributed by atoms with van der Waals surface area (Å²) in [4.78, 5) is 17.4. The van der Waals surface area contributed by atoms with Crippen LogP contribution in [-0.4, -0.2) is 33.2 Å². The molecule has 0 saturated carbocycles. The third-order valence-electron chi connectivity index (χ3n) is 3.79. The highest BCUT2D eigenvalue weighted by Gasteiger charge is 2.31. The molecule has 3 aromatic rings.